The van der Waals surface area contributed by atoms with Crippen molar-refractivity contribution in [3.8, 4) is 0 Å². The number of hydrogen-bond donors (Lipinski definition) is 2. The Morgan fingerprint density at radius 2 is 1.90 bits per heavy atom. The fourth-order valence-electron chi connectivity index (χ4n) is 2.22. The van der Waals surface area contributed by atoms with Gasteiger partial charge in [-0.2, -0.15) is 17.0 Å². The predicted octanol–water partition coefficient (Wildman–Crippen LogP) is 0.715. The lowest BCUT2D eigenvalue weighted by Crippen LogP contribution is -2.47. The summed E-state index contributed by atoms with van der Waals surface area (Å²) in [5, 5.41) is 8.50. The summed E-state index contributed by atoms with van der Waals surface area (Å²) in [6, 6.07) is 0. The van der Waals surface area contributed by atoms with Crippen LogP contribution in [0.3, 0.4) is 0 Å². The summed E-state index contributed by atoms with van der Waals surface area (Å²) in [5.41, 5.74) is 1.53. The second kappa shape index (κ2) is 8.56. The van der Waals surface area contributed by atoms with E-state index in [0.29, 0.717) is 19.6 Å². The molecule has 20 heavy (non-hydrogen) atoms. The van der Waals surface area contributed by atoms with Gasteiger partial charge < -0.3 is 0 Å². The van der Waals surface area contributed by atoms with Crippen LogP contribution in [0.5, 0.6) is 0 Å². The first kappa shape index (κ1) is 17.4. The molecule has 1 rings (SSSR count). The highest BCUT2D eigenvalue weighted by Crippen LogP contribution is 2.17. The average molecular weight is 307 g/mol. The van der Waals surface area contributed by atoms with E-state index < -0.39 is 16.1 Å². The van der Waals surface area contributed by atoms with E-state index in [9.17, 15) is 13.2 Å². The maximum Gasteiger partial charge on any atom is 0.281 e. The second-order valence-electron chi connectivity index (χ2n) is 5.01. The quantitative estimate of drug-likeness (QED) is 0.510. The molecule has 0 aliphatic carbocycles. The maximum atomic E-state index is 12.6. The molecule has 0 spiro atoms. The van der Waals surface area contributed by atoms with Crippen molar-refractivity contribution in [2.75, 3.05) is 26.2 Å². The minimum absolute atomic E-state index is 0.0344. The number of piperidine rings is 1. The fraction of sp³-hybridized carbons (Fsp3) is 0.917. The van der Waals surface area contributed by atoms with E-state index in [2.05, 4.69) is 0 Å². The molecule has 0 aromatic heterocycles. The van der Waals surface area contributed by atoms with Crippen LogP contribution < -0.4 is 5.48 Å². The zero-order chi connectivity index (χ0) is 15.0. The van der Waals surface area contributed by atoms with Gasteiger partial charge in [-0.3, -0.25) is 10.0 Å². The van der Waals surface area contributed by atoms with Crippen LogP contribution in [0.1, 0.15) is 45.4 Å². The van der Waals surface area contributed by atoms with Crippen LogP contribution in [-0.4, -0.2) is 54.3 Å². The van der Waals surface area contributed by atoms with Crippen molar-refractivity contribution in [2.45, 2.75) is 45.4 Å². The first-order valence-corrected chi connectivity index (χ1v) is 8.60. The second-order valence-corrected chi connectivity index (χ2v) is 6.93. The Kier molecular flexibility index (Phi) is 7.42. The summed E-state index contributed by atoms with van der Waals surface area (Å²) in [7, 11) is -3.50. The molecule has 7 nitrogen and oxygen atoms in total. The highest BCUT2D eigenvalue weighted by Gasteiger charge is 2.30. The highest BCUT2D eigenvalue weighted by atomic mass is 32.2. The lowest BCUT2D eigenvalue weighted by molar-refractivity contribution is -0.129. The molecule has 1 aliphatic heterocycles. The topological polar surface area (TPSA) is 90.0 Å². The molecule has 1 aliphatic rings. The predicted molar refractivity (Wildman–Crippen MR) is 75.4 cm³/mol. The molecule has 8 heteroatoms. The summed E-state index contributed by atoms with van der Waals surface area (Å²) in [4.78, 5) is 11.1. The largest absolute Gasteiger partial charge is 0.289 e. The van der Waals surface area contributed by atoms with E-state index in [-0.39, 0.29) is 13.0 Å². The third-order valence-corrected chi connectivity index (χ3v) is 5.48. The molecule has 1 heterocycles. The summed E-state index contributed by atoms with van der Waals surface area (Å²) < 4.78 is 28.0. The Labute approximate surface area is 121 Å². The molecule has 0 aromatic carbocycles. The zero-order valence-corrected chi connectivity index (χ0v) is 12.9. The number of hydroxylamine groups is 1. The van der Waals surface area contributed by atoms with Gasteiger partial charge in [0.25, 0.3) is 10.2 Å². The molecule has 0 saturated carbocycles. The molecule has 0 bridgehead atoms. The summed E-state index contributed by atoms with van der Waals surface area (Å²) in [6.45, 7) is 3.61. The van der Waals surface area contributed by atoms with Crippen molar-refractivity contribution >= 4 is 16.1 Å². The highest BCUT2D eigenvalue weighted by molar-refractivity contribution is 7.86. The van der Waals surface area contributed by atoms with Crippen molar-refractivity contribution in [1.29, 1.82) is 0 Å². The van der Waals surface area contributed by atoms with Crippen LogP contribution in [0.2, 0.25) is 0 Å². The number of amides is 1. The molecule has 0 atom stereocenters. The van der Waals surface area contributed by atoms with Crippen LogP contribution in [0.25, 0.3) is 0 Å². The molecule has 118 valence electrons. The number of nitrogens with one attached hydrogen (secondary N) is 1. The smallest absolute Gasteiger partial charge is 0.281 e. The van der Waals surface area contributed by atoms with Crippen LogP contribution in [0.15, 0.2) is 0 Å². The minimum atomic E-state index is -3.50. The van der Waals surface area contributed by atoms with E-state index >= 15 is 0 Å². The average Bonchev–Trinajstić information content (AvgIpc) is 2.47. The third-order valence-electron chi connectivity index (χ3n) is 3.44. The normalized spacial score (nSPS) is 17.4. The van der Waals surface area contributed by atoms with Gasteiger partial charge in [-0.05, 0) is 19.3 Å². The maximum absolute atomic E-state index is 12.6. The van der Waals surface area contributed by atoms with Crippen LogP contribution >= 0.6 is 0 Å². The first-order chi connectivity index (χ1) is 9.52. The van der Waals surface area contributed by atoms with Gasteiger partial charge >= 0.3 is 0 Å². The molecule has 2 N–H and O–H groups in total. The van der Waals surface area contributed by atoms with Crippen molar-refractivity contribution < 1.29 is 18.4 Å². The molecule has 1 amide bonds. The lowest BCUT2D eigenvalue weighted by atomic mass is 10.2. The Hall–Kier alpha value is -0.700. The Balaban J connectivity index is 2.70. The molecule has 0 unspecified atom stereocenters. The van der Waals surface area contributed by atoms with Crippen LogP contribution in [0.4, 0.5) is 0 Å². The van der Waals surface area contributed by atoms with Crippen LogP contribution in [-0.2, 0) is 15.0 Å². The van der Waals surface area contributed by atoms with E-state index in [4.69, 9.17) is 5.21 Å². The molecule has 0 radical (unpaired) electrons. The SMILES string of the molecule is CCCCN(CCC(=O)NO)S(=O)(=O)N1CCCCC1. The van der Waals surface area contributed by atoms with Gasteiger partial charge in [0, 0.05) is 32.6 Å². The Bertz CT molecular complexity index is 394. The van der Waals surface area contributed by atoms with Crippen LogP contribution in [0, 0.1) is 0 Å². The lowest BCUT2D eigenvalue weighted by Gasteiger charge is -2.32. The van der Waals surface area contributed by atoms with Gasteiger partial charge in [-0.25, -0.2) is 5.48 Å². The van der Waals surface area contributed by atoms with Crippen molar-refractivity contribution in [1.82, 2.24) is 14.1 Å². The number of carbonyl (C=O) groups is 1. The van der Waals surface area contributed by atoms with Gasteiger partial charge in [-0.1, -0.05) is 19.8 Å². The van der Waals surface area contributed by atoms with Gasteiger partial charge in [0.05, 0.1) is 0 Å². The molecular weight excluding hydrogens is 282 g/mol. The number of rotatable bonds is 8. The van der Waals surface area contributed by atoms with Crippen molar-refractivity contribution in [3.63, 3.8) is 0 Å². The summed E-state index contributed by atoms with van der Waals surface area (Å²) >= 11 is 0. The van der Waals surface area contributed by atoms with E-state index in [1.807, 2.05) is 6.92 Å². The van der Waals surface area contributed by atoms with Crippen molar-refractivity contribution in [3.05, 3.63) is 0 Å². The molecule has 1 saturated heterocycles. The van der Waals surface area contributed by atoms with Gasteiger partial charge in [0.2, 0.25) is 5.91 Å². The molecule has 1 fully saturated rings. The molecule has 0 aromatic rings. The molecular formula is C12H25N3O4S. The number of carbonyl (C=O) groups excluding carboxylic acids is 1. The number of hydrogen-bond acceptors (Lipinski definition) is 4. The Morgan fingerprint density at radius 1 is 1.25 bits per heavy atom. The Morgan fingerprint density at radius 3 is 2.45 bits per heavy atom. The number of nitrogens with zero attached hydrogens (tertiary/aromatic N) is 2. The minimum Gasteiger partial charge on any atom is -0.289 e. The zero-order valence-electron chi connectivity index (χ0n) is 12.0. The standard InChI is InChI=1S/C12H25N3O4S/c1-2-3-8-15(11-7-12(16)13-17)20(18,19)14-9-5-4-6-10-14/h17H,2-11H2,1H3,(H,13,16). The van der Waals surface area contributed by atoms with E-state index in [0.717, 1.165) is 32.1 Å². The monoisotopic (exact) mass is 307 g/mol. The summed E-state index contributed by atoms with van der Waals surface area (Å²) in [5.74, 6) is -0.569. The van der Waals surface area contributed by atoms with Gasteiger partial charge in [-0.15, -0.1) is 0 Å². The van der Waals surface area contributed by atoms with Gasteiger partial charge in [0.1, 0.15) is 0 Å². The van der Waals surface area contributed by atoms with E-state index in [1.54, 1.807) is 0 Å². The first-order valence-electron chi connectivity index (χ1n) is 7.20. The third kappa shape index (κ3) is 5.01. The van der Waals surface area contributed by atoms with Crippen molar-refractivity contribution in [2.24, 2.45) is 0 Å². The van der Waals surface area contributed by atoms with Gasteiger partial charge in [0.15, 0.2) is 0 Å². The fourth-order valence-corrected chi connectivity index (χ4v) is 3.95. The van der Waals surface area contributed by atoms with E-state index in [1.165, 1.54) is 14.1 Å². The summed E-state index contributed by atoms with van der Waals surface area (Å²) in [6.07, 6.45) is 4.45. The number of unbranched alkanes of at least 4 members (excludes halogenated alkanes) is 1.